The van der Waals surface area contributed by atoms with E-state index in [1.54, 1.807) is 13.2 Å². The highest BCUT2D eigenvalue weighted by atomic mass is 16.5. The Hall–Kier alpha value is -1.51. The lowest BCUT2D eigenvalue weighted by Crippen LogP contribution is -1.85. The number of nitrogens with one attached hydrogen (secondary N) is 1. The Labute approximate surface area is 64.0 Å². The number of ether oxygens (including phenoxy) is 1. The van der Waals surface area contributed by atoms with Crippen molar-refractivity contribution in [3.63, 3.8) is 0 Å². The van der Waals surface area contributed by atoms with Gasteiger partial charge in [0.2, 0.25) is 5.88 Å². The Kier molecular flexibility index (Phi) is 1.28. The summed E-state index contributed by atoms with van der Waals surface area (Å²) in [5.74, 6) is 0.630. The molecule has 0 saturated carbocycles. The zero-order valence-corrected chi connectivity index (χ0v) is 6.09. The Bertz CT molecular complexity index is 367. The first-order valence-corrected chi connectivity index (χ1v) is 3.30. The van der Waals surface area contributed by atoms with E-state index < -0.39 is 0 Å². The van der Waals surface area contributed by atoms with Crippen LogP contribution in [0.15, 0.2) is 18.2 Å². The van der Waals surface area contributed by atoms with Crippen LogP contribution in [-0.2, 0) is 0 Å². The second-order valence-electron chi connectivity index (χ2n) is 2.20. The summed E-state index contributed by atoms with van der Waals surface area (Å²) >= 11 is 0. The van der Waals surface area contributed by atoms with Crippen molar-refractivity contribution in [3.8, 4) is 5.88 Å². The standard InChI is InChI=1S/C8H7N2O/c1-11-8-3-2-6-7(10-8)4-5-9-6/h2-4,9H,1H3. The van der Waals surface area contributed by atoms with Crippen LogP contribution in [0, 0.1) is 6.20 Å². The fraction of sp³-hybridized carbons (Fsp3) is 0.125. The average molecular weight is 147 g/mol. The van der Waals surface area contributed by atoms with Crippen LogP contribution >= 0.6 is 0 Å². The summed E-state index contributed by atoms with van der Waals surface area (Å²) in [5.41, 5.74) is 1.86. The predicted octanol–water partition coefficient (Wildman–Crippen LogP) is 1.37. The van der Waals surface area contributed by atoms with Crippen LogP contribution in [0.5, 0.6) is 5.88 Å². The minimum atomic E-state index is 0.630. The number of aromatic nitrogens is 2. The van der Waals surface area contributed by atoms with E-state index in [4.69, 9.17) is 4.74 Å². The molecule has 2 heterocycles. The highest BCUT2D eigenvalue weighted by Gasteiger charge is 1.96. The number of methoxy groups -OCH3 is 1. The summed E-state index contributed by atoms with van der Waals surface area (Å²) in [6.07, 6.45) is 2.85. The lowest BCUT2D eigenvalue weighted by Gasteiger charge is -1.96. The molecule has 0 aliphatic heterocycles. The van der Waals surface area contributed by atoms with Gasteiger partial charge in [0.1, 0.15) is 0 Å². The smallest absolute Gasteiger partial charge is 0.213 e. The first-order chi connectivity index (χ1) is 5.40. The van der Waals surface area contributed by atoms with Crippen molar-refractivity contribution < 1.29 is 4.74 Å². The van der Waals surface area contributed by atoms with E-state index in [0.717, 1.165) is 11.0 Å². The molecule has 0 fully saturated rings. The summed E-state index contributed by atoms with van der Waals surface area (Å²) < 4.78 is 4.95. The van der Waals surface area contributed by atoms with Crippen molar-refractivity contribution in [2.45, 2.75) is 0 Å². The zero-order valence-electron chi connectivity index (χ0n) is 6.09. The Balaban J connectivity index is 2.67. The van der Waals surface area contributed by atoms with E-state index in [-0.39, 0.29) is 0 Å². The molecule has 1 N–H and O–H groups in total. The number of H-pyrrole nitrogens is 1. The predicted molar refractivity (Wildman–Crippen MR) is 41.5 cm³/mol. The molecule has 0 atom stereocenters. The molecule has 3 nitrogen and oxygen atoms in total. The topological polar surface area (TPSA) is 37.9 Å². The number of hydrogen-bond donors (Lipinski definition) is 1. The third-order valence-electron chi connectivity index (χ3n) is 1.52. The summed E-state index contributed by atoms with van der Waals surface area (Å²) in [6.45, 7) is 0. The van der Waals surface area contributed by atoms with Crippen LogP contribution in [0.2, 0.25) is 0 Å². The van der Waals surface area contributed by atoms with Crippen molar-refractivity contribution in [3.05, 3.63) is 24.4 Å². The van der Waals surface area contributed by atoms with Crippen LogP contribution in [0.3, 0.4) is 0 Å². The van der Waals surface area contributed by atoms with Crippen LogP contribution in [0.25, 0.3) is 11.0 Å². The molecule has 0 saturated heterocycles. The third-order valence-corrected chi connectivity index (χ3v) is 1.52. The van der Waals surface area contributed by atoms with Crippen LogP contribution in [-0.4, -0.2) is 17.1 Å². The SMILES string of the molecule is COc1ccc2[nH][c]cc2n1. The average Bonchev–Trinajstić information content (AvgIpc) is 2.50. The maximum Gasteiger partial charge on any atom is 0.213 e. The molecule has 55 valence electrons. The Morgan fingerprint density at radius 2 is 2.45 bits per heavy atom. The van der Waals surface area contributed by atoms with Gasteiger partial charge < -0.3 is 9.72 Å². The summed E-state index contributed by atoms with van der Waals surface area (Å²) in [6, 6.07) is 5.52. The van der Waals surface area contributed by atoms with Crippen LogP contribution in [0.1, 0.15) is 0 Å². The second kappa shape index (κ2) is 2.27. The maximum absolute atomic E-state index is 4.95. The van der Waals surface area contributed by atoms with E-state index in [2.05, 4.69) is 16.2 Å². The van der Waals surface area contributed by atoms with E-state index in [1.807, 2.05) is 12.1 Å². The molecule has 2 rings (SSSR count). The van der Waals surface area contributed by atoms with Gasteiger partial charge in [0.25, 0.3) is 0 Å². The molecule has 0 spiro atoms. The molecule has 2 aromatic heterocycles. The molecule has 11 heavy (non-hydrogen) atoms. The molecule has 0 aliphatic rings. The third kappa shape index (κ3) is 0.941. The van der Waals surface area contributed by atoms with Gasteiger partial charge in [-0.05, 0) is 12.1 Å². The first-order valence-electron chi connectivity index (χ1n) is 3.30. The van der Waals surface area contributed by atoms with Crippen molar-refractivity contribution in [2.24, 2.45) is 0 Å². The molecule has 0 bridgehead atoms. The molecule has 0 amide bonds. The Morgan fingerprint density at radius 3 is 3.27 bits per heavy atom. The summed E-state index contributed by atoms with van der Waals surface area (Å²) in [7, 11) is 1.60. The van der Waals surface area contributed by atoms with Gasteiger partial charge in [0, 0.05) is 6.07 Å². The number of hydrogen-bond acceptors (Lipinski definition) is 2. The minimum absolute atomic E-state index is 0.630. The molecular formula is C8H7N2O. The van der Waals surface area contributed by atoms with E-state index in [1.165, 1.54) is 0 Å². The fourth-order valence-corrected chi connectivity index (χ4v) is 0.968. The largest absolute Gasteiger partial charge is 0.481 e. The highest BCUT2D eigenvalue weighted by molar-refractivity contribution is 5.74. The molecule has 1 radical (unpaired) electrons. The van der Waals surface area contributed by atoms with E-state index in [9.17, 15) is 0 Å². The fourth-order valence-electron chi connectivity index (χ4n) is 0.968. The van der Waals surface area contributed by atoms with E-state index in [0.29, 0.717) is 5.88 Å². The number of pyridine rings is 1. The normalized spacial score (nSPS) is 10.3. The van der Waals surface area contributed by atoms with Gasteiger partial charge in [-0.25, -0.2) is 4.98 Å². The van der Waals surface area contributed by atoms with Gasteiger partial charge in [-0.1, -0.05) is 0 Å². The summed E-state index contributed by atoms with van der Waals surface area (Å²) in [4.78, 5) is 7.10. The van der Waals surface area contributed by atoms with Crippen molar-refractivity contribution in [1.29, 1.82) is 0 Å². The quantitative estimate of drug-likeness (QED) is 0.661. The molecular weight excluding hydrogens is 140 g/mol. The Morgan fingerprint density at radius 1 is 1.55 bits per heavy atom. The lowest BCUT2D eigenvalue weighted by molar-refractivity contribution is 0.399. The molecule has 0 unspecified atom stereocenters. The van der Waals surface area contributed by atoms with E-state index >= 15 is 0 Å². The zero-order chi connectivity index (χ0) is 7.68. The van der Waals surface area contributed by atoms with Crippen molar-refractivity contribution >= 4 is 11.0 Å². The number of nitrogens with zero attached hydrogens (tertiary/aromatic N) is 1. The summed E-state index contributed by atoms with van der Waals surface area (Å²) in [5, 5.41) is 0. The second-order valence-corrected chi connectivity index (χ2v) is 2.20. The molecule has 2 aromatic rings. The van der Waals surface area contributed by atoms with Crippen molar-refractivity contribution in [1.82, 2.24) is 9.97 Å². The van der Waals surface area contributed by atoms with Gasteiger partial charge in [-0.3, -0.25) is 0 Å². The lowest BCUT2D eigenvalue weighted by atomic mass is 10.4. The number of fused-ring (bicyclic) bond motifs is 1. The van der Waals surface area contributed by atoms with Crippen LogP contribution < -0.4 is 4.74 Å². The molecule has 0 aromatic carbocycles. The van der Waals surface area contributed by atoms with Gasteiger partial charge in [-0.2, -0.15) is 0 Å². The first kappa shape index (κ1) is 6.22. The molecule has 0 aliphatic carbocycles. The van der Waals surface area contributed by atoms with Gasteiger partial charge >= 0.3 is 0 Å². The number of rotatable bonds is 1. The van der Waals surface area contributed by atoms with Crippen molar-refractivity contribution in [2.75, 3.05) is 7.11 Å². The maximum atomic E-state index is 4.95. The number of aromatic amines is 1. The highest BCUT2D eigenvalue weighted by Crippen LogP contribution is 2.13. The van der Waals surface area contributed by atoms with Crippen LogP contribution in [0.4, 0.5) is 0 Å². The molecule has 3 heteroatoms. The monoisotopic (exact) mass is 147 g/mol. The van der Waals surface area contributed by atoms with Gasteiger partial charge in [0.05, 0.1) is 24.3 Å². The van der Waals surface area contributed by atoms with Gasteiger partial charge in [-0.15, -0.1) is 0 Å². The minimum Gasteiger partial charge on any atom is -0.481 e. The van der Waals surface area contributed by atoms with Gasteiger partial charge in [0.15, 0.2) is 0 Å².